The summed E-state index contributed by atoms with van der Waals surface area (Å²) in [5.41, 5.74) is 1.35. The maximum absolute atomic E-state index is 12.8. The summed E-state index contributed by atoms with van der Waals surface area (Å²) < 4.78 is 0. The lowest BCUT2D eigenvalue weighted by Gasteiger charge is -2.33. The van der Waals surface area contributed by atoms with Crippen molar-refractivity contribution in [3.05, 3.63) is 35.9 Å². The zero-order valence-electron chi connectivity index (χ0n) is 15.2. The zero-order chi connectivity index (χ0) is 17.6. The fourth-order valence-electron chi connectivity index (χ4n) is 3.87. The number of nitrogens with one attached hydrogen (secondary N) is 1. The van der Waals surface area contributed by atoms with Gasteiger partial charge in [0.25, 0.3) is 0 Å². The summed E-state index contributed by atoms with van der Waals surface area (Å²) in [5.74, 6) is 0.214. The lowest BCUT2D eigenvalue weighted by atomic mass is 10.1. The van der Waals surface area contributed by atoms with Gasteiger partial charge in [-0.1, -0.05) is 43.7 Å². The van der Waals surface area contributed by atoms with Gasteiger partial charge in [0.05, 0.1) is 32.1 Å². The number of hydrogen-bond donors (Lipinski definition) is 1. The standard InChI is InChI=1S/C20H29N3O2/c1-2-3-9-23-16-18(14-19(23)24)20(25)22-12-10-21(11-13-22)15-17-7-5-4-6-8-17/h4-8,18H,2-3,9-16H2,1H3/p+1/t18-/m0/s1. The molecule has 3 rings (SSSR count). The van der Waals surface area contributed by atoms with E-state index in [1.54, 1.807) is 0 Å². The van der Waals surface area contributed by atoms with E-state index in [4.69, 9.17) is 0 Å². The van der Waals surface area contributed by atoms with E-state index in [1.165, 1.54) is 10.5 Å². The molecule has 0 saturated carbocycles. The molecule has 0 spiro atoms. The van der Waals surface area contributed by atoms with Crippen LogP contribution in [0.25, 0.3) is 0 Å². The van der Waals surface area contributed by atoms with E-state index in [9.17, 15) is 9.59 Å². The van der Waals surface area contributed by atoms with Crippen molar-refractivity contribution in [3.63, 3.8) is 0 Å². The Morgan fingerprint density at radius 1 is 1.20 bits per heavy atom. The van der Waals surface area contributed by atoms with Crippen LogP contribution >= 0.6 is 0 Å². The van der Waals surface area contributed by atoms with Gasteiger partial charge in [-0.25, -0.2) is 0 Å². The van der Waals surface area contributed by atoms with E-state index in [0.29, 0.717) is 13.0 Å². The first-order chi connectivity index (χ1) is 12.2. The molecule has 2 fully saturated rings. The number of piperazine rings is 1. The first-order valence-electron chi connectivity index (χ1n) is 9.61. The normalized spacial score (nSPS) is 21.8. The second-order valence-electron chi connectivity index (χ2n) is 7.33. The third kappa shape index (κ3) is 4.60. The summed E-state index contributed by atoms with van der Waals surface area (Å²) in [4.78, 5) is 30.2. The molecule has 0 unspecified atom stereocenters. The summed E-state index contributed by atoms with van der Waals surface area (Å²) in [6, 6.07) is 10.5. The minimum absolute atomic E-state index is 0.125. The molecule has 0 radical (unpaired) electrons. The molecule has 5 heteroatoms. The Hall–Kier alpha value is -1.88. The van der Waals surface area contributed by atoms with E-state index in [-0.39, 0.29) is 17.7 Å². The van der Waals surface area contributed by atoms with Crippen LogP contribution < -0.4 is 4.90 Å². The van der Waals surface area contributed by atoms with Crippen molar-refractivity contribution in [3.8, 4) is 0 Å². The van der Waals surface area contributed by atoms with Gasteiger partial charge in [-0.05, 0) is 6.42 Å². The van der Waals surface area contributed by atoms with Crippen molar-refractivity contribution < 1.29 is 14.5 Å². The number of likely N-dealkylation sites (tertiary alicyclic amines) is 1. The average molecular weight is 344 g/mol. The molecular weight excluding hydrogens is 314 g/mol. The molecule has 1 N–H and O–H groups in total. The highest BCUT2D eigenvalue weighted by molar-refractivity contribution is 5.89. The smallest absolute Gasteiger partial charge is 0.228 e. The minimum Gasteiger partial charge on any atom is -0.342 e. The molecular formula is C20H30N3O2+. The van der Waals surface area contributed by atoms with E-state index in [0.717, 1.165) is 52.1 Å². The molecule has 2 amide bonds. The van der Waals surface area contributed by atoms with Gasteiger partial charge in [0, 0.05) is 25.1 Å². The molecule has 1 aromatic rings. The largest absolute Gasteiger partial charge is 0.342 e. The van der Waals surface area contributed by atoms with Crippen LogP contribution in [0.4, 0.5) is 0 Å². The van der Waals surface area contributed by atoms with Crippen molar-refractivity contribution >= 4 is 11.8 Å². The number of amides is 2. The van der Waals surface area contributed by atoms with E-state index >= 15 is 0 Å². The number of rotatable bonds is 6. The van der Waals surface area contributed by atoms with Crippen LogP contribution in [-0.4, -0.2) is 60.9 Å². The van der Waals surface area contributed by atoms with Gasteiger partial charge in [-0.2, -0.15) is 0 Å². The molecule has 2 aliphatic heterocycles. The first-order valence-corrected chi connectivity index (χ1v) is 9.61. The predicted octanol–water partition coefficient (Wildman–Crippen LogP) is 0.562. The number of carbonyl (C=O) groups excluding carboxylic acids is 2. The van der Waals surface area contributed by atoms with Crippen LogP contribution in [0.1, 0.15) is 31.7 Å². The Morgan fingerprint density at radius 2 is 1.92 bits per heavy atom. The van der Waals surface area contributed by atoms with Crippen molar-refractivity contribution in [1.29, 1.82) is 0 Å². The van der Waals surface area contributed by atoms with Gasteiger partial charge < -0.3 is 14.7 Å². The van der Waals surface area contributed by atoms with Crippen LogP contribution in [0.15, 0.2) is 30.3 Å². The third-order valence-electron chi connectivity index (χ3n) is 5.42. The summed E-state index contributed by atoms with van der Waals surface area (Å²) >= 11 is 0. The Bertz CT molecular complexity index is 582. The van der Waals surface area contributed by atoms with Gasteiger partial charge in [0.2, 0.25) is 11.8 Å². The summed E-state index contributed by atoms with van der Waals surface area (Å²) in [6.45, 7) is 8.15. The number of quaternary nitrogens is 1. The molecule has 1 aromatic carbocycles. The quantitative estimate of drug-likeness (QED) is 0.820. The predicted molar refractivity (Wildman–Crippen MR) is 97.0 cm³/mol. The van der Waals surface area contributed by atoms with Gasteiger partial charge in [-0.3, -0.25) is 9.59 Å². The number of unbranched alkanes of at least 4 members (excludes halogenated alkanes) is 1. The molecule has 1 atom stereocenters. The Labute approximate surface area is 150 Å². The third-order valence-corrected chi connectivity index (χ3v) is 5.42. The average Bonchev–Trinajstić information content (AvgIpc) is 3.01. The van der Waals surface area contributed by atoms with E-state index in [1.807, 2.05) is 15.9 Å². The van der Waals surface area contributed by atoms with Gasteiger partial charge in [-0.15, -0.1) is 0 Å². The first kappa shape index (κ1) is 17.9. The van der Waals surface area contributed by atoms with Crippen LogP contribution in [0, 0.1) is 5.92 Å². The van der Waals surface area contributed by atoms with Gasteiger partial charge >= 0.3 is 0 Å². The van der Waals surface area contributed by atoms with E-state index in [2.05, 4.69) is 31.2 Å². The number of nitrogens with zero attached hydrogens (tertiary/aromatic N) is 2. The molecule has 0 bridgehead atoms. The van der Waals surface area contributed by atoms with Crippen LogP contribution in [0.3, 0.4) is 0 Å². The van der Waals surface area contributed by atoms with E-state index < -0.39 is 0 Å². The maximum Gasteiger partial charge on any atom is 0.228 e. The highest BCUT2D eigenvalue weighted by atomic mass is 16.2. The van der Waals surface area contributed by atoms with Crippen molar-refractivity contribution in [2.45, 2.75) is 32.7 Å². The molecule has 2 saturated heterocycles. The maximum atomic E-state index is 12.8. The van der Waals surface area contributed by atoms with Gasteiger partial charge in [0.1, 0.15) is 6.54 Å². The molecule has 0 aliphatic carbocycles. The topological polar surface area (TPSA) is 45.1 Å². The molecule has 2 heterocycles. The fraction of sp³-hybridized carbons (Fsp3) is 0.600. The summed E-state index contributed by atoms with van der Waals surface area (Å²) in [5, 5.41) is 0. The Morgan fingerprint density at radius 3 is 2.60 bits per heavy atom. The van der Waals surface area contributed by atoms with Gasteiger partial charge in [0.15, 0.2) is 0 Å². The monoisotopic (exact) mass is 344 g/mol. The summed E-state index contributed by atoms with van der Waals surface area (Å²) in [7, 11) is 0. The second kappa shape index (κ2) is 8.48. The molecule has 2 aliphatic rings. The van der Waals surface area contributed by atoms with Crippen molar-refractivity contribution in [1.82, 2.24) is 9.80 Å². The van der Waals surface area contributed by atoms with Crippen LogP contribution in [0.2, 0.25) is 0 Å². The van der Waals surface area contributed by atoms with Crippen LogP contribution in [-0.2, 0) is 16.1 Å². The number of carbonyl (C=O) groups is 2. The minimum atomic E-state index is -0.125. The Balaban J connectivity index is 1.46. The number of benzene rings is 1. The SMILES string of the molecule is CCCCN1C[C@@H](C(=O)N2CC[NH+](Cc3ccccc3)CC2)CC1=O. The molecule has 25 heavy (non-hydrogen) atoms. The zero-order valence-corrected chi connectivity index (χ0v) is 15.2. The molecule has 136 valence electrons. The lowest BCUT2D eigenvalue weighted by molar-refractivity contribution is -0.917. The highest BCUT2D eigenvalue weighted by Gasteiger charge is 2.37. The Kier molecular flexibility index (Phi) is 6.08. The fourth-order valence-corrected chi connectivity index (χ4v) is 3.87. The van der Waals surface area contributed by atoms with Crippen LogP contribution in [0.5, 0.6) is 0 Å². The van der Waals surface area contributed by atoms with Crippen molar-refractivity contribution in [2.75, 3.05) is 39.3 Å². The molecule has 0 aromatic heterocycles. The number of hydrogen-bond acceptors (Lipinski definition) is 2. The highest BCUT2D eigenvalue weighted by Crippen LogP contribution is 2.20. The second-order valence-corrected chi connectivity index (χ2v) is 7.33. The molecule has 5 nitrogen and oxygen atoms in total. The van der Waals surface area contributed by atoms with Crippen molar-refractivity contribution in [2.24, 2.45) is 5.92 Å². The lowest BCUT2D eigenvalue weighted by Crippen LogP contribution is -3.13. The summed E-state index contributed by atoms with van der Waals surface area (Å²) in [6.07, 6.45) is 2.50.